The molecule has 2 aliphatic heterocycles. The summed E-state index contributed by atoms with van der Waals surface area (Å²) in [5, 5.41) is 15.4. The highest BCUT2D eigenvalue weighted by atomic mass is 16.6. The standard InChI is InChI=1S/C16H18N4O2/c1-10-4-16(19-8-11-6-17-7-12(11)9-19)14-5-13(20(21)22)2-3-15(14)18-10/h2-5,11-12,17H,6-9H2,1H3/t11-,12+. The van der Waals surface area contributed by atoms with Crippen molar-refractivity contribution >= 4 is 22.3 Å². The highest BCUT2D eigenvalue weighted by molar-refractivity contribution is 5.93. The van der Waals surface area contributed by atoms with E-state index in [-0.39, 0.29) is 10.6 Å². The average molecular weight is 298 g/mol. The quantitative estimate of drug-likeness (QED) is 0.679. The van der Waals surface area contributed by atoms with Crippen molar-refractivity contribution in [2.45, 2.75) is 6.92 Å². The number of pyridine rings is 1. The zero-order valence-corrected chi connectivity index (χ0v) is 12.5. The molecule has 3 heterocycles. The SMILES string of the molecule is Cc1cc(N2C[C@H]3CNC[C@H]3C2)c2cc([N+](=O)[O-])ccc2n1. The van der Waals surface area contributed by atoms with E-state index in [0.29, 0.717) is 11.8 Å². The van der Waals surface area contributed by atoms with Gasteiger partial charge >= 0.3 is 0 Å². The molecule has 1 N–H and O–H groups in total. The molecule has 2 aromatic rings. The van der Waals surface area contributed by atoms with E-state index in [1.807, 2.05) is 6.92 Å². The van der Waals surface area contributed by atoms with Crippen LogP contribution in [0.3, 0.4) is 0 Å². The Hall–Kier alpha value is -2.21. The molecule has 0 aliphatic carbocycles. The number of benzene rings is 1. The third kappa shape index (κ3) is 2.11. The van der Waals surface area contributed by atoms with Crippen LogP contribution in [0.4, 0.5) is 11.4 Å². The van der Waals surface area contributed by atoms with Gasteiger partial charge in [0.25, 0.3) is 5.69 Å². The summed E-state index contributed by atoms with van der Waals surface area (Å²) in [5.41, 5.74) is 2.99. The largest absolute Gasteiger partial charge is 0.370 e. The van der Waals surface area contributed by atoms with Gasteiger partial charge in [0, 0.05) is 55.1 Å². The molecule has 6 nitrogen and oxygen atoms in total. The monoisotopic (exact) mass is 298 g/mol. The van der Waals surface area contributed by atoms with Crippen LogP contribution in [0.5, 0.6) is 0 Å². The summed E-state index contributed by atoms with van der Waals surface area (Å²) >= 11 is 0. The number of hydrogen-bond acceptors (Lipinski definition) is 5. The molecule has 0 radical (unpaired) electrons. The lowest BCUT2D eigenvalue weighted by atomic mass is 10.0. The molecule has 2 saturated heterocycles. The number of aryl methyl sites for hydroxylation is 1. The third-order valence-corrected chi connectivity index (χ3v) is 4.84. The Morgan fingerprint density at radius 1 is 1.27 bits per heavy atom. The Labute approximate surface area is 128 Å². The highest BCUT2D eigenvalue weighted by Gasteiger charge is 2.36. The van der Waals surface area contributed by atoms with Crippen molar-refractivity contribution in [2.24, 2.45) is 11.8 Å². The van der Waals surface area contributed by atoms with Crippen LogP contribution in [0.15, 0.2) is 24.3 Å². The topological polar surface area (TPSA) is 71.3 Å². The molecule has 22 heavy (non-hydrogen) atoms. The van der Waals surface area contributed by atoms with Crippen LogP contribution in [0.2, 0.25) is 0 Å². The minimum absolute atomic E-state index is 0.125. The molecule has 1 aromatic carbocycles. The average Bonchev–Trinajstić information content (AvgIpc) is 3.06. The molecule has 0 amide bonds. The van der Waals surface area contributed by atoms with Crippen LogP contribution in [-0.4, -0.2) is 36.1 Å². The maximum atomic E-state index is 11.1. The first-order valence-corrected chi connectivity index (χ1v) is 7.63. The third-order valence-electron chi connectivity index (χ3n) is 4.84. The molecule has 6 heteroatoms. The number of nitro groups is 1. The lowest BCUT2D eigenvalue weighted by Crippen LogP contribution is -2.25. The number of nitro benzene ring substituents is 1. The predicted octanol–water partition coefficient (Wildman–Crippen LogP) is 2.11. The summed E-state index contributed by atoms with van der Waals surface area (Å²) in [6, 6.07) is 6.99. The van der Waals surface area contributed by atoms with Gasteiger partial charge in [-0.3, -0.25) is 15.1 Å². The molecule has 114 valence electrons. The molecule has 4 rings (SSSR count). The van der Waals surface area contributed by atoms with Crippen LogP contribution in [0.1, 0.15) is 5.69 Å². The number of nitrogens with zero attached hydrogens (tertiary/aromatic N) is 3. The first-order chi connectivity index (χ1) is 10.6. The second-order valence-corrected chi connectivity index (χ2v) is 6.32. The number of rotatable bonds is 2. The summed E-state index contributed by atoms with van der Waals surface area (Å²) in [7, 11) is 0. The molecule has 2 fully saturated rings. The molecular weight excluding hydrogens is 280 g/mol. The maximum absolute atomic E-state index is 11.1. The van der Waals surface area contributed by atoms with Crippen LogP contribution in [0, 0.1) is 28.9 Å². The molecule has 1 aromatic heterocycles. The number of hydrogen-bond donors (Lipinski definition) is 1. The van der Waals surface area contributed by atoms with Crippen molar-refractivity contribution in [2.75, 3.05) is 31.1 Å². The normalized spacial score (nSPS) is 24.0. The van der Waals surface area contributed by atoms with E-state index in [1.165, 1.54) is 6.07 Å². The Morgan fingerprint density at radius 2 is 2.00 bits per heavy atom. The van der Waals surface area contributed by atoms with Gasteiger partial charge in [-0.2, -0.15) is 0 Å². The molecule has 0 saturated carbocycles. The lowest BCUT2D eigenvalue weighted by Gasteiger charge is -2.22. The fourth-order valence-corrected chi connectivity index (χ4v) is 3.75. The van der Waals surface area contributed by atoms with E-state index in [1.54, 1.807) is 12.1 Å². The van der Waals surface area contributed by atoms with Crippen LogP contribution in [-0.2, 0) is 0 Å². The van der Waals surface area contributed by atoms with Gasteiger partial charge in [0.2, 0.25) is 0 Å². The summed E-state index contributed by atoms with van der Waals surface area (Å²) < 4.78 is 0. The van der Waals surface area contributed by atoms with E-state index >= 15 is 0 Å². The van der Waals surface area contributed by atoms with Crippen LogP contribution < -0.4 is 10.2 Å². The molecule has 0 bridgehead atoms. The zero-order valence-electron chi connectivity index (χ0n) is 12.5. The summed E-state index contributed by atoms with van der Waals surface area (Å²) in [4.78, 5) is 17.6. The van der Waals surface area contributed by atoms with Gasteiger partial charge in [0.15, 0.2) is 0 Å². The Morgan fingerprint density at radius 3 is 2.68 bits per heavy atom. The smallest absolute Gasteiger partial charge is 0.270 e. The van der Waals surface area contributed by atoms with E-state index in [0.717, 1.165) is 48.5 Å². The molecule has 2 aliphatic rings. The van der Waals surface area contributed by atoms with Crippen molar-refractivity contribution in [1.82, 2.24) is 10.3 Å². The van der Waals surface area contributed by atoms with Gasteiger partial charge < -0.3 is 10.2 Å². The van der Waals surface area contributed by atoms with Crippen LogP contribution >= 0.6 is 0 Å². The van der Waals surface area contributed by atoms with Gasteiger partial charge in [-0.1, -0.05) is 0 Å². The van der Waals surface area contributed by atoms with Crippen molar-refractivity contribution in [3.63, 3.8) is 0 Å². The lowest BCUT2D eigenvalue weighted by molar-refractivity contribution is -0.384. The van der Waals surface area contributed by atoms with Crippen molar-refractivity contribution in [3.8, 4) is 0 Å². The van der Waals surface area contributed by atoms with E-state index in [4.69, 9.17) is 0 Å². The summed E-state index contributed by atoms with van der Waals surface area (Å²) in [6.07, 6.45) is 0. The number of fused-ring (bicyclic) bond motifs is 2. The second kappa shape index (κ2) is 4.91. The number of non-ortho nitro benzene ring substituents is 1. The minimum atomic E-state index is -0.342. The van der Waals surface area contributed by atoms with Crippen molar-refractivity contribution in [3.05, 3.63) is 40.1 Å². The van der Waals surface area contributed by atoms with Crippen molar-refractivity contribution in [1.29, 1.82) is 0 Å². The van der Waals surface area contributed by atoms with E-state index in [2.05, 4.69) is 21.3 Å². The van der Waals surface area contributed by atoms with E-state index < -0.39 is 0 Å². The number of aromatic nitrogens is 1. The van der Waals surface area contributed by atoms with Crippen LogP contribution in [0.25, 0.3) is 10.9 Å². The first-order valence-electron chi connectivity index (χ1n) is 7.63. The number of anilines is 1. The Balaban J connectivity index is 1.81. The van der Waals surface area contributed by atoms with Gasteiger partial charge in [0.05, 0.1) is 10.4 Å². The fourth-order valence-electron chi connectivity index (χ4n) is 3.75. The Kier molecular flexibility index (Phi) is 3.00. The molecule has 2 atom stereocenters. The maximum Gasteiger partial charge on any atom is 0.270 e. The van der Waals surface area contributed by atoms with Gasteiger partial charge in [-0.15, -0.1) is 0 Å². The second-order valence-electron chi connectivity index (χ2n) is 6.32. The van der Waals surface area contributed by atoms with Crippen molar-refractivity contribution < 1.29 is 4.92 Å². The Bertz CT molecular complexity index is 749. The number of nitrogens with one attached hydrogen (secondary N) is 1. The highest BCUT2D eigenvalue weighted by Crippen LogP contribution is 2.35. The first kappa shape index (κ1) is 13.5. The minimum Gasteiger partial charge on any atom is -0.370 e. The van der Waals surface area contributed by atoms with Gasteiger partial charge in [-0.25, -0.2) is 0 Å². The molecule has 0 spiro atoms. The predicted molar refractivity (Wildman–Crippen MR) is 85.2 cm³/mol. The van der Waals surface area contributed by atoms with E-state index in [9.17, 15) is 10.1 Å². The van der Waals surface area contributed by atoms with Gasteiger partial charge in [-0.05, 0) is 30.9 Å². The molecule has 0 unspecified atom stereocenters. The fraction of sp³-hybridized carbons (Fsp3) is 0.438. The zero-order chi connectivity index (χ0) is 15.3. The van der Waals surface area contributed by atoms with Gasteiger partial charge in [0.1, 0.15) is 0 Å². The summed E-state index contributed by atoms with van der Waals surface area (Å²) in [6.45, 7) is 6.15. The molecular formula is C16H18N4O2. The summed E-state index contributed by atoms with van der Waals surface area (Å²) in [5.74, 6) is 1.37.